The van der Waals surface area contributed by atoms with E-state index in [9.17, 15) is 4.39 Å². The summed E-state index contributed by atoms with van der Waals surface area (Å²) < 4.78 is 20.0. The summed E-state index contributed by atoms with van der Waals surface area (Å²) >= 11 is 1.60. The largest absolute Gasteiger partial charge is 0.282 e. The van der Waals surface area contributed by atoms with Gasteiger partial charge in [-0.15, -0.1) is 0 Å². The number of hydrogen-bond donors (Lipinski definition) is 3. The van der Waals surface area contributed by atoms with E-state index < -0.39 is 0 Å². The lowest BCUT2D eigenvalue weighted by molar-refractivity contribution is 0.376. The van der Waals surface area contributed by atoms with Crippen molar-refractivity contribution in [2.24, 2.45) is 0 Å². The number of rotatable bonds is 6. The van der Waals surface area contributed by atoms with Crippen molar-refractivity contribution in [2.45, 2.75) is 44.6 Å². The van der Waals surface area contributed by atoms with E-state index in [1.54, 1.807) is 18.2 Å². The van der Waals surface area contributed by atoms with Gasteiger partial charge in [-0.2, -0.15) is 5.10 Å². The lowest BCUT2D eigenvalue weighted by Crippen LogP contribution is -2.30. The second kappa shape index (κ2) is 7.95. The molecule has 1 saturated carbocycles. The van der Waals surface area contributed by atoms with Gasteiger partial charge in [0.05, 0.1) is 5.69 Å². The molecule has 1 aliphatic carbocycles. The van der Waals surface area contributed by atoms with Crippen LogP contribution in [0.4, 0.5) is 4.39 Å². The van der Waals surface area contributed by atoms with E-state index in [1.807, 2.05) is 6.07 Å². The highest BCUT2D eigenvalue weighted by molar-refractivity contribution is 7.95. The van der Waals surface area contributed by atoms with Gasteiger partial charge < -0.3 is 0 Å². The summed E-state index contributed by atoms with van der Waals surface area (Å²) in [5.74, 6) is 0.295. The number of aromatic amines is 1. The van der Waals surface area contributed by atoms with Crippen LogP contribution in [0.5, 0.6) is 0 Å². The van der Waals surface area contributed by atoms with Gasteiger partial charge in [0.1, 0.15) is 5.82 Å². The Morgan fingerprint density at radius 1 is 1.26 bits per heavy atom. The minimum absolute atomic E-state index is 0.225. The highest BCUT2D eigenvalue weighted by atomic mass is 32.2. The van der Waals surface area contributed by atoms with Crippen LogP contribution in [0.1, 0.15) is 44.2 Å². The second-order valence-electron chi connectivity index (χ2n) is 5.99. The number of H-pyrrole nitrogens is 1. The highest BCUT2D eigenvalue weighted by Crippen LogP contribution is 2.33. The standard InChI is InChI=1S/C17H23FN4S/c1-2-19-23-22-15-8-6-12(7-9-15)16-11-17(21-20-16)13-4-3-5-14(18)10-13/h3-5,10-12,15,19,22H,2,6-9H2,1H3,(H,20,21). The third-order valence-corrected chi connectivity index (χ3v) is 5.21. The summed E-state index contributed by atoms with van der Waals surface area (Å²) in [4.78, 5) is 0. The third kappa shape index (κ3) is 4.34. The topological polar surface area (TPSA) is 52.7 Å². The van der Waals surface area contributed by atoms with E-state index in [2.05, 4.69) is 32.6 Å². The number of nitrogens with zero attached hydrogens (tertiary/aromatic N) is 1. The van der Waals surface area contributed by atoms with Crippen LogP contribution < -0.4 is 9.44 Å². The molecule has 4 nitrogen and oxygen atoms in total. The van der Waals surface area contributed by atoms with E-state index in [0.29, 0.717) is 12.0 Å². The Balaban J connectivity index is 1.57. The molecule has 0 amide bonds. The van der Waals surface area contributed by atoms with Gasteiger partial charge in [0, 0.05) is 41.9 Å². The molecule has 0 spiro atoms. The van der Waals surface area contributed by atoms with E-state index in [4.69, 9.17) is 0 Å². The second-order valence-corrected chi connectivity index (χ2v) is 6.71. The van der Waals surface area contributed by atoms with Crippen LogP contribution in [0, 0.1) is 5.82 Å². The Labute approximate surface area is 140 Å². The number of benzene rings is 1. The summed E-state index contributed by atoms with van der Waals surface area (Å²) in [7, 11) is 0. The van der Waals surface area contributed by atoms with E-state index in [0.717, 1.165) is 43.5 Å². The maximum atomic E-state index is 13.3. The van der Waals surface area contributed by atoms with E-state index in [-0.39, 0.29) is 5.82 Å². The van der Waals surface area contributed by atoms with Gasteiger partial charge in [-0.25, -0.2) is 9.11 Å². The Kier molecular flexibility index (Phi) is 5.70. The molecule has 6 heteroatoms. The van der Waals surface area contributed by atoms with Crippen molar-refractivity contribution < 1.29 is 4.39 Å². The number of hydrogen-bond acceptors (Lipinski definition) is 4. The third-order valence-electron chi connectivity index (χ3n) is 4.33. The summed E-state index contributed by atoms with van der Waals surface area (Å²) in [5, 5.41) is 7.51. The molecule has 3 N–H and O–H groups in total. The predicted octanol–water partition coefficient (Wildman–Crippen LogP) is 4.00. The zero-order chi connectivity index (χ0) is 16.1. The first-order valence-corrected chi connectivity index (χ1v) is 9.03. The summed E-state index contributed by atoms with van der Waals surface area (Å²) in [5.41, 5.74) is 2.81. The summed E-state index contributed by atoms with van der Waals surface area (Å²) in [6, 6.07) is 9.23. The fourth-order valence-corrected chi connectivity index (χ4v) is 3.69. The van der Waals surface area contributed by atoms with Gasteiger partial charge in [0.25, 0.3) is 0 Å². The van der Waals surface area contributed by atoms with Gasteiger partial charge in [0.2, 0.25) is 0 Å². The molecule has 0 aliphatic heterocycles. The first kappa shape index (κ1) is 16.5. The van der Waals surface area contributed by atoms with Gasteiger partial charge in [0.15, 0.2) is 0 Å². The van der Waals surface area contributed by atoms with Crippen LogP contribution in [0.3, 0.4) is 0 Å². The summed E-state index contributed by atoms with van der Waals surface area (Å²) in [6.07, 6.45) is 4.62. The Morgan fingerprint density at radius 2 is 2.09 bits per heavy atom. The van der Waals surface area contributed by atoms with Crippen LogP contribution in [-0.2, 0) is 0 Å². The average Bonchev–Trinajstić information content (AvgIpc) is 3.06. The molecule has 1 aliphatic rings. The monoisotopic (exact) mass is 334 g/mol. The molecule has 0 radical (unpaired) electrons. The van der Waals surface area contributed by atoms with Crippen molar-refractivity contribution in [3.8, 4) is 11.3 Å². The average molecular weight is 334 g/mol. The molecule has 0 atom stereocenters. The minimum atomic E-state index is -0.225. The van der Waals surface area contributed by atoms with Crippen LogP contribution in [0.25, 0.3) is 11.3 Å². The smallest absolute Gasteiger partial charge is 0.123 e. The van der Waals surface area contributed by atoms with Crippen molar-refractivity contribution in [1.29, 1.82) is 0 Å². The van der Waals surface area contributed by atoms with Gasteiger partial charge >= 0.3 is 0 Å². The SMILES string of the molecule is CCNSNC1CCC(c2cc(-c3cccc(F)c3)n[nH]2)CC1. The van der Waals surface area contributed by atoms with Gasteiger partial charge in [-0.05, 0) is 43.9 Å². The molecule has 0 unspecified atom stereocenters. The van der Waals surface area contributed by atoms with Gasteiger partial charge in [-0.1, -0.05) is 19.1 Å². The zero-order valence-corrected chi connectivity index (χ0v) is 14.1. The van der Waals surface area contributed by atoms with Crippen LogP contribution in [-0.4, -0.2) is 22.8 Å². The van der Waals surface area contributed by atoms with Crippen molar-refractivity contribution in [3.63, 3.8) is 0 Å². The molecule has 2 aromatic rings. The molecule has 1 heterocycles. The quantitative estimate of drug-likeness (QED) is 0.552. The van der Waals surface area contributed by atoms with E-state index >= 15 is 0 Å². The fraction of sp³-hybridized carbons (Fsp3) is 0.471. The predicted molar refractivity (Wildman–Crippen MR) is 93.4 cm³/mol. The maximum Gasteiger partial charge on any atom is 0.123 e. The van der Waals surface area contributed by atoms with Crippen molar-refractivity contribution in [2.75, 3.05) is 6.54 Å². The van der Waals surface area contributed by atoms with Crippen LogP contribution in [0.15, 0.2) is 30.3 Å². The number of nitrogens with one attached hydrogen (secondary N) is 3. The number of aromatic nitrogens is 2. The minimum Gasteiger partial charge on any atom is -0.282 e. The lowest BCUT2D eigenvalue weighted by Gasteiger charge is -2.28. The maximum absolute atomic E-state index is 13.3. The van der Waals surface area contributed by atoms with E-state index in [1.165, 1.54) is 17.8 Å². The Bertz CT molecular complexity index is 623. The molecule has 0 saturated heterocycles. The van der Waals surface area contributed by atoms with Crippen molar-refractivity contribution in [1.82, 2.24) is 19.6 Å². The molecule has 0 bridgehead atoms. The Hall–Kier alpha value is -1.37. The van der Waals surface area contributed by atoms with Gasteiger partial charge in [-0.3, -0.25) is 9.82 Å². The molecule has 1 aromatic heterocycles. The number of halogens is 1. The molecule has 124 valence electrons. The lowest BCUT2D eigenvalue weighted by atomic mass is 9.84. The zero-order valence-electron chi connectivity index (χ0n) is 13.3. The highest BCUT2D eigenvalue weighted by Gasteiger charge is 2.23. The Morgan fingerprint density at radius 3 is 2.83 bits per heavy atom. The van der Waals surface area contributed by atoms with Crippen LogP contribution >= 0.6 is 12.1 Å². The molecule has 1 fully saturated rings. The first-order chi connectivity index (χ1) is 11.3. The fourth-order valence-electron chi connectivity index (χ4n) is 3.06. The molecular formula is C17H23FN4S. The normalized spacial score (nSPS) is 21.5. The molecule has 3 rings (SSSR count). The van der Waals surface area contributed by atoms with Crippen molar-refractivity contribution >= 4 is 12.1 Å². The molecule has 1 aromatic carbocycles. The summed E-state index contributed by atoms with van der Waals surface area (Å²) in [6.45, 7) is 3.06. The first-order valence-electron chi connectivity index (χ1n) is 8.21. The van der Waals surface area contributed by atoms with Crippen LogP contribution in [0.2, 0.25) is 0 Å². The van der Waals surface area contributed by atoms with Crippen molar-refractivity contribution in [3.05, 3.63) is 41.8 Å². The molecular weight excluding hydrogens is 311 g/mol. The molecule has 23 heavy (non-hydrogen) atoms.